The molecule has 23 heavy (non-hydrogen) atoms. The molecule has 128 valence electrons. The number of benzene rings is 1. The molecule has 1 aliphatic carbocycles. The van der Waals surface area contributed by atoms with Gasteiger partial charge in [-0.25, -0.2) is 0 Å². The summed E-state index contributed by atoms with van der Waals surface area (Å²) in [6.45, 7) is 4.69. The van der Waals surface area contributed by atoms with E-state index in [0.717, 1.165) is 38.3 Å². The Bertz CT molecular complexity index is 489. The molecule has 1 saturated heterocycles. The van der Waals surface area contributed by atoms with Crippen molar-refractivity contribution in [1.82, 2.24) is 10.2 Å². The molecule has 3 nitrogen and oxygen atoms in total. The van der Waals surface area contributed by atoms with Gasteiger partial charge in [0.15, 0.2) is 0 Å². The second-order valence-corrected chi connectivity index (χ2v) is 6.80. The summed E-state index contributed by atoms with van der Waals surface area (Å²) in [5, 5.41) is 3.35. The van der Waals surface area contributed by atoms with Gasteiger partial charge in [-0.1, -0.05) is 37.3 Å². The number of halogens is 1. The first-order chi connectivity index (χ1) is 10.8. The lowest BCUT2D eigenvalue weighted by Crippen LogP contribution is -2.43. The Balaban J connectivity index is 0.00000192. The van der Waals surface area contributed by atoms with Crippen LogP contribution in [0, 0.1) is 5.92 Å². The maximum absolute atomic E-state index is 12.6. The van der Waals surface area contributed by atoms with Gasteiger partial charge in [-0.3, -0.25) is 4.79 Å². The summed E-state index contributed by atoms with van der Waals surface area (Å²) in [5.41, 5.74) is 1.38. The molecule has 2 aliphatic rings. The standard InChI is InChI=1S/C19H28N2O.ClH/c1-2-17(16-7-4-3-5-8-16)18-9-6-12-21(18)19(22)14-20-13-15-10-11-15;/h3-5,7-8,15,17-18,20H,2,6,9-14H2,1H3;1H. The van der Waals surface area contributed by atoms with E-state index in [4.69, 9.17) is 0 Å². The summed E-state index contributed by atoms with van der Waals surface area (Å²) in [7, 11) is 0. The van der Waals surface area contributed by atoms with E-state index in [1.807, 2.05) is 0 Å². The lowest BCUT2D eigenvalue weighted by atomic mass is 9.87. The number of nitrogens with zero attached hydrogens (tertiary/aromatic N) is 1. The first-order valence-electron chi connectivity index (χ1n) is 8.84. The average molecular weight is 337 g/mol. The Morgan fingerprint density at radius 3 is 2.65 bits per heavy atom. The third-order valence-electron chi connectivity index (χ3n) is 5.16. The van der Waals surface area contributed by atoms with Crippen molar-refractivity contribution >= 4 is 18.3 Å². The first-order valence-corrected chi connectivity index (χ1v) is 8.84. The number of hydrogen-bond donors (Lipinski definition) is 1. The molecule has 0 bridgehead atoms. The highest BCUT2D eigenvalue weighted by atomic mass is 35.5. The van der Waals surface area contributed by atoms with Gasteiger partial charge in [0.25, 0.3) is 0 Å². The minimum atomic E-state index is 0. The molecule has 1 aromatic rings. The van der Waals surface area contributed by atoms with E-state index in [0.29, 0.717) is 18.5 Å². The van der Waals surface area contributed by atoms with E-state index in [1.54, 1.807) is 0 Å². The maximum Gasteiger partial charge on any atom is 0.236 e. The van der Waals surface area contributed by atoms with Crippen LogP contribution >= 0.6 is 12.4 Å². The number of rotatable bonds is 7. The summed E-state index contributed by atoms with van der Waals surface area (Å²) in [5.74, 6) is 1.59. The van der Waals surface area contributed by atoms with Crippen LogP contribution in [-0.2, 0) is 4.79 Å². The SMILES string of the molecule is CCC(c1ccccc1)C1CCCN1C(=O)CNCC1CC1.Cl. The van der Waals surface area contributed by atoms with Crippen LogP contribution in [0.4, 0.5) is 0 Å². The average Bonchev–Trinajstić information content (AvgIpc) is 3.24. The monoisotopic (exact) mass is 336 g/mol. The number of carbonyl (C=O) groups is 1. The smallest absolute Gasteiger partial charge is 0.236 e. The molecular formula is C19H29ClN2O. The molecule has 4 heteroatoms. The molecule has 0 radical (unpaired) electrons. The van der Waals surface area contributed by atoms with E-state index in [2.05, 4.69) is 47.5 Å². The van der Waals surface area contributed by atoms with Crippen molar-refractivity contribution in [1.29, 1.82) is 0 Å². The van der Waals surface area contributed by atoms with Gasteiger partial charge >= 0.3 is 0 Å². The van der Waals surface area contributed by atoms with Gasteiger partial charge in [-0.15, -0.1) is 12.4 Å². The third-order valence-corrected chi connectivity index (χ3v) is 5.16. The largest absolute Gasteiger partial charge is 0.338 e. The third kappa shape index (κ3) is 4.71. The highest BCUT2D eigenvalue weighted by Crippen LogP contribution is 2.33. The molecule has 1 saturated carbocycles. The highest BCUT2D eigenvalue weighted by Gasteiger charge is 2.34. The second-order valence-electron chi connectivity index (χ2n) is 6.80. The summed E-state index contributed by atoms with van der Waals surface area (Å²) < 4.78 is 0. The van der Waals surface area contributed by atoms with Gasteiger partial charge in [-0.2, -0.15) is 0 Å². The lowest BCUT2D eigenvalue weighted by molar-refractivity contribution is -0.131. The molecule has 1 N–H and O–H groups in total. The number of carbonyl (C=O) groups excluding carboxylic acids is 1. The summed E-state index contributed by atoms with van der Waals surface area (Å²) in [6.07, 6.45) is 6.04. The minimum Gasteiger partial charge on any atom is -0.338 e. The fraction of sp³-hybridized carbons (Fsp3) is 0.632. The topological polar surface area (TPSA) is 32.3 Å². The van der Waals surface area contributed by atoms with Gasteiger partial charge in [0, 0.05) is 18.5 Å². The van der Waals surface area contributed by atoms with E-state index < -0.39 is 0 Å². The highest BCUT2D eigenvalue weighted by molar-refractivity contribution is 5.85. The predicted molar refractivity (Wildman–Crippen MR) is 97.1 cm³/mol. The van der Waals surface area contributed by atoms with Crippen LogP contribution in [0.2, 0.25) is 0 Å². The molecule has 0 aromatic heterocycles. The first kappa shape index (κ1) is 18.3. The van der Waals surface area contributed by atoms with Crippen LogP contribution in [0.5, 0.6) is 0 Å². The number of likely N-dealkylation sites (tertiary alicyclic amines) is 1. The van der Waals surface area contributed by atoms with Gasteiger partial charge in [-0.05, 0) is 50.1 Å². The Morgan fingerprint density at radius 1 is 1.26 bits per heavy atom. The summed E-state index contributed by atoms with van der Waals surface area (Å²) in [4.78, 5) is 14.7. The molecule has 2 atom stereocenters. The second kappa shape index (κ2) is 8.70. The molecule has 1 aromatic carbocycles. The summed E-state index contributed by atoms with van der Waals surface area (Å²) >= 11 is 0. The van der Waals surface area contributed by atoms with Crippen LogP contribution in [-0.4, -0.2) is 36.5 Å². The van der Waals surface area contributed by atoms with E-state index in [9.17, 15) is 4.79 Å². The molecular weight excluding hydrogens is 308 g/mol. The van der Waals surface area contributed by atoms with E-state index in [1.165, 1.54) is 18.4 Å². The van der Waals surface area contributed by atoms with Crippen molar-refractivity contribution in [3.05, 3.63) is 35.9 Å². The fourth-order valence-corrected chi connectivity index (χ4v) is 3.76. The molecule has 1 aliphatic heterocycles. The van der Waals surface area contributed by atoms with Gasteiger partial charge < -0.3 is 10.2 Å². The van der Waals surface area contributed by atoms with Crippen molar-refractivity contribution in [2.75, 3.05) is 19.6 Å². The minimum absolute atomic E-state index is 0. The number of hydrogen-bond acceptors (Lipinski definition) is 2. The van der Waals surface area contributed by atoms with Crippen molar-refractivity contribution in [2.24, 2.45) is 5.92 Å². The molecule has 1 heterocycles. The zero-order chi connectivity index (χ0) is 15.4. The molecule has 2 fully saturated rings. The Kier molecular flexibility index (Phi) is 6.91. The van der Waals surface area contributed by atoms with Crippen molar-refractivity contribution in [2.45, 2.75) is 51.0 Å². The fourth-order valence-electron chi connectivity index (χ4n) is 3.76. The zero-order valence-electron chi connectivity index (χ0n) is 14.0. The summed E-state index contributed by atoms with van der Waals surface area (Å²) in [6, 6.07) is 11.1. The Labute approximate surface area is 146 Å². The zero-order valence-corrected chi connectivity index (χ0v) is 14.9. The van der Waals surface area contributed by atoms with Crippen molar-refractivity contribution < 1.29 is 4.79 Å². The van der Waals surface area contributed by atoms with Crippen LogP contribution < -0.4 is 5.32 Å². The van der Waals surface area contributed by atoms with Crippen molar-refractivity contribution in [3.63, 3.8) is 0 Å². The van der Waals surface area contributed by atoms with Crippen LogP contribution in [0.1, 0.15) is 50.5 Å². The van der Waals surface area contributed by atoms with Crippen molar-refractivity contribution in [3.8, 4) is 0 Å². The van der Waals surface area contributed by atoms with Crippen LogP contribution in [0.25, 0.3) is 0 Å². The van der Waals surface area contributed by atoms with Gasteiger partial charge in [0.05, 0.1) is 6.54 Å². The lowest BCUT2D eigenvalue weighted by Gasteiger charge is -2.32. The van der Waals surface area contributed by atoms with Crippen LogP contribution in [0.3, 0.4) is 0 Å². The Morgan fingerprint density at radius 2 is 2.00 bits per heavy atom. The predicted octanol–water partition coefficient (Wildman–Crippen LogP) is 3.59. The number of nitrogens with one attached hydrogen (secondary N) is 1. The molecule has 1 amide bonds. The van der Waals surface area contributed by atoms with Gasteiger partial charge in [0.1, 0.15) is 0 Å². The number of amides is 1. The van der Waals surface area contributed by atoms with E-state index >= 15 is 0 Å². The molecule has 3 rings (SSSR count). The Hall–Kier alpha value is -1.06. The normalized spacial score (nSPS) is 21.8. The molecule has 0 spiro atoms. The maximum atomic E-state index is 12.6. The quantitative estimate of drug-likeness (QED) is 0.825. The van der Waals surface area contributed by atoms with E-state index in [-0.39, 0.29) is 18.3 Å². The molecule has 2 unspecified atom stereocenters. The van der Waals surface area contributed by atoms with Gasteiger partial charge in [0.2, 0.25) is 5.91 Å². The van der Waals surface area contributed by atoms with Crippen LogP contribution in [0.15, 0.2) is 30.3 Å².